The monoisotopic (exact) mass is 258 g/mol. The highest BCUT2D eigenvalue weighted by Crippen LogP contribution is 2.28. The van der Waals surface area contributed by atoms with Gasteiger partial charge in [-0.2, -0.15) is 4.98 Å². The largest absolute Gasteiger partial charge is 0.464 e. The van der Waals surface area contributed by atoms with Gasteiger partial charge in [-0.1, -0.05) is 30.3 Å². The molecule has 0 amide bonds. The maximum absolute atomic E-state index is 9.58. The molecule has 0 aliphatic rings. The lowest BCUT2D eigenvalue weighted by molar-refractivity contribution is 0.158. The first-order valence-corrected chi connectivity index (χ1v) is 6.25. The second-order valence-corrected chi connectivity index (χ2v) is 4.42. The fourth-order valence-electron chi connectivity index (χ4n) is 1.94. The molecule has 0 saturated heterocycles. The summed E-state index contributed by atoms with van der Waals surface area (Å²) in [7, 11) is 0. The van der Waals surface area contributed by atoms with Gasteiger partial charge in [-0.15, -0.1) is 0 Å². The molecule has 0 spiro atoms. The Kier molecular flexibility index (Phi) is 3.05. The number of para-hydroxylation sites is 1. The van der Waals surface area contributed by atoms with E-state index in [9.17, 15) is 5.11 Å². The Hall–Kier alpha value is -2.14. The number of aromatic nitrogens is 2. The maximum Gasteiger partial charge on any atom is 0.229 e. The number of hydrogen-bond acceptors (Lipinski definition) is 5. The Morgan fingerprint density at radius 3 is 3.00 bits per heavy atom. The normalized spacial score (nSPS) is 12.9. The van der Waals surface area contributed by atoms with Gasteiger partial charge in [0.05, 0.1) is 18.1 Å². The average molecular weight is 258 g/mol. The zero-order valence-electron chi connectivity index (χ0n) is 10.5. The molecule has 19 heavy (non-hydrogen) atoms. The standard InChI is InChI=1S/C14H14N2O3/c1-2-9(17)7-13-15-14(16-19-13)11-8-18-12-6-4-3-5-10(11)12/h3-6,8-9,17H,2,7H2,1H3. The molecule has 0 saturated carbocycles. The molecule has 1 N–H and O–H groups in total. The second kappa shape index (κ2) is 4.85. The molecule has 1 aromatic carbocycles. The molecule has 0 bridgehead atoms. The summed E-state index contributed by atoms with van der Waals surface area (Å²) in [6, 6.07) is 7.68. The fourth-order valence-corrected chi connectivity index (χ4v) is 1.94. The molecule has 0 fully saturated rings. The van der Waals surface area contributed by atoms with Crippen LogP contribution in [0.2, 0.25) is 0 Å². The Labute approximate surface area is 109 Å². The third-order valence-electron chi connectivity index (χ3n) is 3.07. The third kappa shape index (κ3) is 2.24. The number of nitrogens with zero attached hydrogens (tertiary/aromatic N) is 2. The van der Waals surface area contributed by atoms with Crippen molar-refractivity contribution in [3.8, 4) is 11.4 Å². The smallest absolute Gasteiger partial charge is 0.229 e. The van der Waals surface area contributed by atoms with Crippen LogP contribution >= 0.6 is 0 Å². The Morgan fingerprint density at radius 1 is 1.32 bits per heavy atom. The van der Waals surface area contributed by atoms with Gasteiger partial charge in [-0.25, -0.2) is 0 Å². The quantitative estimate of drug-likeness (QED) is 0.779. The first kappa shape index (κ1) is 11.9. The van der Waals surface area contributed by atoms with E-state index in [0.29, 0.717) is 24.6 Å². The van der Waals surface area contributed by atoms with E-state index >= 15 is 0 Å². The van der Waals surface area contributed by atoms with Crippen LogP contribution in [0.15, 0.2) is 39.5 Å². The van der Waals surface area contributed by atoms with E-state index in [2.05, 4.69) is 10.1 Å². The predicted molar refractivity (Wildman–Crippen MR) is 69.5 cm³/mol. The number of benzene rings is 1. The van der Waals surface area contributed by atoms with Gasteiger partial charge < -0.3 is 14.0 Å². The lowest BCUT2D eigenvalue weighted by Crippen LogP contribution is -2.08. The number of hydrogen-bond donors (Lipinski definition) is 1. The van der Waals surface area contributed by atoms with Crippen LogP contribution in [-0.2, 0) is 6.42 Å². The van der Waals surface area contributed by atoms with Crippen LogP contribution in [0.4, 0.5) is 0 Å². The van der Waals surface area contributed by atoms with Crippen molar-refractivity contribution in [2.45, 2.75) is 25.9 Å². The Bertz CT molecular complexity index is 687. The molecule has 0 aliphatic heterocycles. The van der Waals surface area contributed by atoms with Crippen LogP contribution in [-0.4, -0.2) is 21.4 Å². The van der Waals surface area contributed by atoms with Crippen molar-refractivity contribution in [3.05, 3.63) is 36.4 Å². The van der Waals surface area contributed by atoms with Gasteiger partial charge in [0.15, 0.2) is 0 Å². The zero-order chi connectivity index (χ0) is 13.2. The summed E-state index contributed by atoms with van der Waals surface area (Å²) >= 11 is 0. The summed E-state index contributed by atoms with van der Waals surface area (Å²) in [5.74, 6) is 0.929. The van der Waals surface area contributed by atoms with Gasteiger partial charge in [-0.3, -0.25) is 0 Å². The third-order valence-corrected chi connectivity index (χ3v) is 3.07. The van der Waals surface area contributed by atoms with Gasteiger partial charge in [0, 0.05) is 5.39 Å². The SMILES string of the molecule is CCC(O)Cc1nc(-c2coc3ccccc23)no1. The molecular formula is C14H14N2O3. The second-order valence-electron chi connectivity index (χ2n) is 4.42. The minimum atomic E-state index is -0.450. The van der Waals surface area contributed by atoms with Gasteiger partial charge in [-0.05, 0) is 12.5 Å². The van der Waals surface area contributed by atoms with E-state index in [4.69, 9.17) is 8.94 Å². The fraction of sp³-hybridized carbons (Fsp3) is 0.286. The molecule has 1 atom stereocenters. The van der Waals surface area contributed by atoms with Crippen molar-refractivity contribution >= 4 is 11.0 Å². The molecule has 0 aliphatic carbocycles. The van der Waals surface area contributed by atoms with Gasteiger partial charge >= 0.3 is 0 Å². The van der Waals surface area contributed by atoms with E-state index < -0.39 is 6.10 Å². The first-order chi connectivity index (χ1) is 9.28. The first-order valence-electron chi connectivity index (χ1n) is 6.25. The van der Waals surface area contributed by atoms with Gasteiger partial charge in [0.25, 0.3) is 0 Å². The summed E-state index contributed by atoms with van der Waals surface area (Å²) in [5.41, 5.74) is 1.59. The van der Waals surface area contributed by atoms with Crippen LogP contribution in [0.25, 0.3) is 22.4 Å². The van der Waals surface area contributed by atoms with Crippen LogP contribution in [0.5, 0.6) is 0 Å². The molecule has 98 valence electrons. The molecule has 2 heterocycles. The van der Waals surface area contributed by atoms with Crippen molar-refractivity contribution in [2.24, 2.45) is 0 Å². The zero-order valence-corrected chi connectivity index (χ0v) is 10.5. The predicted octanol–water partition coefficient (Wildman–Crippen LogP) is 2.80. The van der Waals surface area contributed by atoms with E-state index in [1.165, 1.54) is 0 Å². The molecule has 1 unspecified atom stereocenters. The summed E-state index contributed by atoms with van der Waals surface area (Å²) in [5, 5.41) is 14.5. The number of furan rings is 1. The lowest BCUT2D eigenvalue weighted by Gasteiger charge is -2.01. The average Bonchev–Trinajstić information content (AvgIpc) is 3.04. The molecule has 3 rings (SSSR count). The summed E-state index contributed by atoms with van der Waals surface area (Å²) in [6.07, 6.45) is 2.20. The van der Waals surface area contributed by atoms with Gasteiger partial charge in [0.2, 0.25) is 11.7 Å². The minimum absolute atomic E-state index is 0.374. The molecule has 5 heteroatoms. The highest BCUT2D eigenvalue weighted by atomic mass is 16.5. The van der Waals surface area contributed by atoms with Crippen LogP contribution in [0.1, 0.15) is 19.2 Å². The van der Waals surface area contributed by atoms with Gasteiger partial charge in [0.1, 0.15) is 11.8 Å². The number of rotatable bonds is 4. The number of fused-ring (bicyclic) bond motifs is 1. The van der Waals surface area contributed by atoms with Crippen LogP contribution in [0, 0.1) is 0 Å². The van der Waals surface area contributed by atoms with Crippen molar-refractivity contribution < 1.29 is 14.0 Å². The lowest BCUT2D eigenvalue weighted by atomic mass is 10.1. The summed E-state index contributed by atoms with van der Waals surface area (Å²) < 4.78 is 10.6. The highest BCUT2D eigenvalue weighted by Gasteiger charge is 2.15. The van der Waals surface area contributed by atoms with E-state index in [1.54, 1.807) is 6.26 Å². The molecule has 3 aromatic rings. The van der Waals surface area contributed by atoms with Crippen molar-refractivity contribution in [1.82, 2.24) is 10.1 Å². The maximum atomic E-state index is 9.58. The van der Waals surface area contributed by atoms with Crippen LogP contribution in [0.3, 0.4) is 0 Å². The van der Waals surface area contributed by atoms with Crippen LogP contribution < -0.4 is 0 Å². The molecule has 2 aromatic heterocycles. The van der Waals surface area contributed by atoms with E-state index in [0.717, 1.165) is 16.5 Å². The number of aliphatic hydroxyl groups is 1. The molecular weight excluding hydrogens is 244 g/mol. The summed E-state index contributed by atoms with van der Waals surface area (Å²) in [6.45, 7) is 1.91. The Morgan fingerprint density at radius 2 is 2.16 bits per heavy atom. The molecule has 0 radical (unpaired) electrons. The summed E-state index contributed by atoms with van der Waals surface area (Å²) in [4.78, 5) is 4.29. The van der Waals surface area contributed by atoms with E-state index in [1.807, 2.05) is 31.2 Å². The number of aliphatic hydroxyl groups excluding tert-OH is 1. The Balaban J connectivity index is 1.94. The van der Waals surface area contributed by atoms with Crippen molar-refractivity contribution in [3.63, 3.8) is 0 Å². The minimum Gasteiger partial charge on any atom is -0.464 e. The highest BCUT2D eigenvalue weighted by molar-refractivity contribution is 5.91. The van der Waals surface area contributed by atoms with E-state index in [-0.39, 0.29) is 0 Å². The topological polar surface area (TPSA) is 72.3 Å². The van der Waals surface area contributed by atoms with Crippen molar-refractivity contribution in [2.75, 3.05) is 0 Å². The van der Waals surface area contributed by atoms with Crippen molar-refractivity contribution in [1.29, 1.82) is 0 Å². The molecule has 5 nitrogen and oxygen atoms in total.